The van der Waals surface area contributed by atoms with Crippen LogP contribution in [0.4, 0.5) is 0 Å². The van der Waals surface area contributed by atoms with Crippen LogP contribution in [0.15, 0.2) is 11.4 Å². The first kappa shape index (κ1) is 16.2. The third kappa shape index (κ3) is 5.36. The number of rotatable bonds is 7. The van der Waals surface area contributed by atoms with Gasteiger partial charge in [-0.2, -0.15) is 0 Å². The second-order valence-electron chi connectivity index (χ2n) is 4.84. The van der Waals surface area contributed by atoms with Crippen LogP contribution < -0.4 is 5.73 Å². The average molecular weight is 278 g/mol. The zero-order valence-corrected chi connectivity index (χ0v) is 13.2. The highest BCUT2D eigenvalue weighted by atomic mass is 32.1. The lowest BCUT2D eigenvalue weighted by molar-refractivity contribution is 0.194. The molecule has 0 aromatic carbocycles. The molecule has 0 saturated heterocycles. The minimum absolute atomic E-state index is 0.431. The minimum Gasteiger partial charge on any atom is -0.320 e. The molecule has 0 fully saturated rings. The van der Waals surface area contributed by atoms with E-state index in [0.29, 0.717) is 12.6 Å². The Hall–Kier alpha value is -0.820. The zero-order chi connectivity index (χ0) is 14.1. The van der Waals surface area contributed by atoms with E-state index in [4.69, 9.17) is 5.73 Å². The van der Waals surface area contributed by atoms with Crippen molar-refractivity contribution < 1.29 is 0 Å². The van der Waals surface area contributed by atoms with Crippen molar-refractivity contribution >= 4 is 11.3 Å². The molecular weight excluding hydrogens is 252 g/mol. The molecule has 1 rings (SSSR count). The van der Waals surface area contributed by atoms with Crippen LogP contribution in [0, 0.1) is 11.8 Å². The van der Waals surface area contributed by atoms with Crippen LogP contribution in [0.5, 0.6) is 0 Å². The van der Waals surface area contributed by atoms with Crippen LogP contribution in [0.25, 0.3) is 0 Å². The highest BCUT2D eigenvalue weighted by Gasteiger charge is 2.14. The van der Waals surface area contributed by atoms with Crippen molar-refractivity contribution in [3.63, 3.8) is 0 Å². The third-order valence-electron chi connectivity index (χ3n) is 3.43. The SMILES string of the molecule is CCCCN(Cc1sccc1C#CCN)C(C)CC. The van der Waals surface area contributed by atoms with E-state index in [2.05, 4.69) is 49.0 Å². The van der Waals surface area contributed by atoms with E-state index in [0.717, 1.165) is 12.1 Å². The Balaban J connectivity index is 2.75. The highest BCUT2D eigenvalue weighted by molar-refractivity contribution is 7.10. The van der Waals surface area contributed by atoms with E-state index in [1.807, 2.05) is 0 Å². The van der Waals surface area contributed by atoms with Crippen LogP contribution in [0.3, 0.4) is 0 Å². The minimum atomic E-state index is 0.431. The molecule has 0 amide bonds. The predicted octanol–water partition coefficient (Wildman–Crippen LogP) is 3.46. The molecule has 0 spiro atoms. The second-order valence-corrected chi connectivity index (χ2v) is 5.85. The summed E-state index contributed by atoms with van der Waals surface area (Å²) in [5.41, 5.74) is 6.60. The van der Waals surface area contributed by atoms with Crippen molar-refractivity contribution in [2.24, 2.45) is 5.73 Å². The van der Waals surface area contributed by atoms with Gasteiger partial charge in [-0.05, 0) is 37.8 Å². The Kier molecular flexibility index (Phi) is 7.81. The zero-order valence-electron chi connectivity index (χ0n) is 12.4. The average Bonchev–Trinajstić information content (AvgIpc) is 2.87. The number of hydrogen-bond donors (Lipinski definition) is 1. The Morgan fingerprint density at radius 2 is 2.21 bits per heavy atom. The topological polar surface area (TPSA) is 29.3 Å². The van der Waals surface area contributed by atoms with Crippen molar-refractivity contribution in [1.82, 2.24) is 4.90 Å². The summed E-state index contributed by atoms with van der Waals surface area (Å²) in [5, 5.41) is 2.13. The summed E-state index contributed by atoms with van der Waals surface area (Å²) in [7, 11) is 0. The number of hydrogen-bond acceptors (Lipinski definition) is 3. The Labute approximate surface area is 122 Å². The molecule has 1 heterocycles. The van der Waals surface area contributed by atoms with Crippen molar-refractivity contribution in [1.29, 1.82) is 0 Å². The molecule has 0 aliphatic heterocycles. The Morgan fingerprint density at radius 1 is 1.42 bits per heavy atom. The van der Waals surface area contributed by atoms with Gasteiger partial charge in [-0.3, -0.25) is 4.90 Å². The third-order valence-corrected chi connectivity index (χ3v) is 4.34. The van der Waals surface area contributed by atoms with Gasteiger partial charge in [-0.15, -0.1) is 11.3 Å². The molecule has 0 radical (unpaired) electrons. The van der Waals surface area contributed by atoms with Crippen molar-refractivity contribution in [3.05, 3.63) is 21.9 Å². The first-order valence-electron chi connectivity index (χ1n) is 7.22. The largest absolute Gasteiger partial charge is 0.320 e. The van der Waals surface area contributed by atoms with Gasteiger partial charge in [0.25, 0.3) is 0 Å². The molecule has 106 valence electrons. The Bertz CT molecular complexity index is 414. The fourth-order valence-electron chi connectivity index (χ4n) is 1.98. The van der Waals surface area contributed by atoms with Crippen LogP contribution in [-0.2, 0) is 6.54 Å². The maximum atomic E-state index is 5.45. The van der Waals surface area contributed by atoms with Crippen LogP contribution in [0.1, 0.15) is 50.5 Å². The van der Waals surface area contributed by atoms with E-state index in [9.17, 15) is 0 Å². The lowest BCUT2D eigenvalue weighted by atomic mass is 10.1. The fraction of sp³-hybridized carbons (Fsp3) is 0.625. The van der Waals surface area contributed by atoms with Crippen molar-refractivity contribution in [3.8, 4) is 11.8 Å². The van der Waals surface area contributed by atoms with Gasteiger partial charge >= 0.3 is 0 Å². The fourth-order valence-corrected chi connectivity index (χ4v) is 2.83. The summed E-state index contributed by atoms with van der Waals surface area (Å²) in [4.78, 5) is 3.94. The van der Waals surface area contributed by atoms with E-state index in [-0.39, 0.29) is 0 Å². The Morgan fingerprint density at radius 3 is 2.84 bits per heavy atom. The number of unbranched alkanes of at least 4 members (excludes halogenated alkanes) is 1. The van der Waals surface area contributed by atoms with Gasteiger partial charge in [0.05, 0.1) is 6.54 Å². The van der Waals surface area contributed by atoms with Gasteiger partial charge < -0.3 is 5.73 Å². The van der Waals surface area contributed by atoms with Gasteiger partial charge in [0.15, 0.2) is 0 Å². The quantitative estimate of drug-likeness (QED) is 0.774. The normalized spacial score (nSPS) is 12.3. The van der Waals surface area contributed by atoms with Gasteiger partial charge in [-0.1, -0.05) is 32.1 Å². The summed E-state index contributed by atoms with van der Waals surface area (Å²) in [5.74, 6) is 6.14. The van der Waals surface area contributed by atoms with Crippen LogP contribution >= 0.6 is 11.3 Å². The molecule has 3 heteroatoms. The highest BCUT2D eigenvalue weighted by Crippen LogP contribution is 2.20. The number of nitrogens with two attached hydrogens (primary N) is 1. The van der Waals surface area contributed by atoms with Crippen LogP contribution in [-0.4, -0.2) is 24.0 Å². The molecule has 0 bridgehead atoms. The molecule has 0 saturated carbocycles. The van der Waals surface area contributed by atoms with Gasteiger partial charge in [0.1, 0.15) is 0 Å². The van der Waals surface area contributed by atoms with Gasteiger partial charge in [-0.25, -0.2) is 0 Å². The molecule has 2 nitrogen and oxygen atoms in total. The lowest BCUT2D eigenvalue weighted by Crippen LogP contribution is -2.32. The number of nitrogens with zero attached hydrogens (tertiary/aromatic N) is 1. The molecule has 1 aromatic heterocycles. The predicted molar refractivity (Wildman–Crippen MR) is 85.3 cm³/mol. The smallest absolute Gasteiger partial charge is 0.0555 e. The summed E-state index contributed by atoms with van der Waals surface area (Å²) in [6, 6.07) is 2.74. The van der Waals surface area contributed by atoms with E-state index < -0.39 is 0 Å². The molecule has 19 heavy (non-hydrogen) atoms. The van der Waals surface area contributed by atoms with E-state index >= 15 is 0 Å². The van der Waals surface area contributed by atoms with Crippen molar-refractivity contribution in [2.45, 2.75) is 52.6 Å². The maximum Gasteiger partial charge on any atom is 0.0555 e. The molecular formula is C16H26N2S. The second kappa shape index (κ2) is 9.14. The van der Waals surface area contributed by atoms with Gasteiger partial charge in [0, 0.05) is 23.0 Å². The molecule has 1 aromatic rings. The lowest BCUT2D eigenvalue weighted by Gasteiger charge is -2.28. The van der Waals surface area contributed by atoms with E-state index in [1.165, 1.54) is 30.7 Å². The molecule has 1 unspecified atom stereocenters. The summed E-state index contributed by atoms with van der Waals surface area (Å²) in [6.07, 6.45) is 3.70. The molecule has 0 aliphatic carbocycles. The van der Waals surface area contributed by atoms with Gasteiger partial charge in [0.2, 0.25) is 0 Å². The van der Waals surface area contributed by atoms with Crippen molar-refractivity contribution in [2.75, 3.05) is 13.1 Å². The molecule has 1 atom stereocenters. The number of thiophene rings is 1. The first-order valence-corrected chi connectivity index (χ1v) is 8.10. The summed E-state index contributed by atoms with van der Waals surface area (Å²) >= 11 is 1.80. The summed E-state index contributed by atoms with van der Waals surface area (Å²) < 4.78 is 0. The monoisotopic (exact) mass is 278 g/mol. The molecule has 0 aliphatic rings. The standard InChI is InChI=1S/C16H26N2S/c1-4-6-11-18(14(3)5-2)13-16-15(8-7-10-17)9-12-19-16/h9,12,14H,4-6,10-11,13,17H2,1-3H3. The first-order chi connectivity index (χ1) is 9.22. The van der Waals surface area contributed by atoms with E-state index in [1.54, 1.807) is 11.3 Å². The molecule has 2 N–H and O–H groups in total. The maximum absolute atomic E-state index is 5.45. The van der Waals surface area contributed by atoms with Crippen LogP contribution in [0.2, 0.25) is 0 Å². The summed E-state index contributed by atoms with van der Waals surface area (Å²) in [6.45, 7) is 9.44.